The lowest BCUT2D eigenvalue weighted by molar-refractivity contribution is 0.528. The van der Waals surface area contributed by atoms with Gasteiger partial charge in [-0.3, -0.25) is 9.29 Å². The quantitative estimate of drug-likeness (QED) is 0.801. The van der Waals surface area contributed by atoms with Gasteiger partial charge in [0.1, 0.15) is 0 Å². The van der Waals surface area contributed by atoms with E-state index in [1.165, 1.54) is 8.87 Å². The minimum atomic E-state index is -3.45. The van der Waals surface area contributed by atoms with Gasteiger partial charge in [-0.2, -0.15) is 12.7 Å². The fourth-order valence-corrected chi connectivity index (χ4v) is 2.80. The average molecular weight is 269 g/mol. The summed E-state index contributed by atoms with van der Waals surface area (Å²) < 4.78 is 33.5. The second-order valence-corrected chi connectivity index (χ2v) is 5.79. The van der Waals surface area contributed by atoms with E-state index in [2.05, 4.69) is 4.72 Å². The number of nitrogens with zero attached hydrogens (tertiary/aromatic N) is 2. The Balaban J connectivity index is 2.03. The molecule has 0 aliphatic carbocycles. The third kappa shape index (κ3) is 1.79. The highest BCUT2D eigenvalue weighted by molar-refractivity contribution is 7.90. The van der Waals surface area contributed by atoms with E-state index in [0.717, 1.165) is 0 Å². The van der Waals surface area contributed by atoms with Gasteiger partial charge in [0.25, 0.3) is 0 Å². The Kier molecular flexibility index (Phi) is 2.26. The average Bonchev–Trinajstić information content (AvgIpc) is 3.10. The van der Waals surface area contributed by atoms with Gasteiger partial charge in [0.2, 0.25) is 0 Å². The van der Waals surface area contributed by atoms with Gasteiger partial charge in [0.05, 0.1) is 11.2 Å². The molecule has 1 fully saturated rings. The van der Waals surface area contributed by atoms with Gasteiger partial charge >= 0.3 is 16.0 Å². The summed E-state index contributed by atoms with van der Waals surface area (Å²) in [5, 5.41) is 0. The van der Waals surface area contributed by atoms with Gasteiger partial charge in [-0.15, -0.1) is 0 Å². The molecule has 1 saturated heterocycles. The van der Waals surface area contributed by atoms with Crippen LogP contribution in [0.2, 0.25) is 0 Å². The maximum Gasteiger partial charge on any atom is 0.419 e. The predicted molar refractivity (Wildman–Crippen MR) is 65.6 cm³/mol. The summed E-state index contributed by atoms with van der Waals surface area (Å²) >= 11 is 0. The van der Waals surface area contributed by atoms with Crippen molar-refractivity contribution in [3.8, 4) is 0 Å². The fraction of sp³-hybridized carbons (Fsp3) is 0.300. The molecular formula is C10H11N3O4S. The number of hydrogen-bond donors (Lipinski definition) is 1. The molecule has 2 aromatic rings. The molecule has 0 spiro atoms. The first-order valence-corrected chi connectivity index (χ1v) is 6.79. The summed E-state index contributed by atoms with van der Waals surface area (Å²) in [6, 6.07) is 4.70. The minimum Gasteiger partial charge on any atom is -0.408 e. The molecule has 0 unspecified atom stereocenters. The Morgan fingerprint density at radius 2 is 2.06 bits per heavy atom. The van der Waals surface area contributed by atoms with E-state index >= 15 is 0 Å². The maximum atomic E-state index is 11.7. The van der Waals surface area contributed by atoms with Crippen LogP contribution in [0.4, 0.5) is 5.69 Å². The molecule has 0 saturated carbocycles. The summed E-state index contributed by atoms with van der Waals surface area (Å²) in [5.41, 5.74) is 1.38. The van der Waals surface area contributed by atoms with Crippen LogP contribution < -0.4 is 10.5 Å². The van der Waals surface area contributed by atoms with Gasteiger partial charge in [0, 0.05) is 20.1 Å². The topological polar surface area (TPSA) is 84.3 Å². The lowest BCUT2D eigenvalue weighted by Gasteiger charge is -2.07. The summed E-state index contributed by atoms with van der Waals surface area (Å²) in [7, 11) is -1.88. The van der Waals surface area contributed by atoms with Crippen molar-refractivity contribution in [2.75, 3.05) is 17.8 Å². The highest BCUT2D eigenvalue weighted by Gasteiger charge is 2.31. The molecule has 0 bridgehead atoms. The SMILES string of the molecule is Cn1c(=O)oc2ccc(NS(=O)(=O)N3CC3)cc21. The summed E-state index contributed by atoms with van der Waals surface area (Å²) in [6.07, 6.45) is 0. The van der Waals surface area contributed by atoms with Gasteiger partial charge in [-0.25, -0.2) is 4.79 Å². The number of fused-ring (bicyclic) bond motifs is 1. The minimum absolute atomic E-state index is 0.408. The molecule has 1 N–H and O–H groups in total. The monoisotopic (exact) mass is 269 g/mol. The molecule has 96 valence electrons. The van der Waals surface area contributed by atoms with Crippen molar-refractivity contribution in [2.45, 2.75) is 0 Å². The van der Waals surface area contributed by atoms with E-state index in [4.69, 9.17) is 4.42 Å². The Labute approximate surface area is 103 Å². The number of hydrogen-bond acceptors (Lipinski definition) is 4. The van der Waals surface area contributed by atoms with Crippen LogP contribution >= 0.6 is 0 Å². The standard InChI is InChI=1S/C10H11N3O4S/c1-12-8-6-7(2-3-9(8)17-10(12)14)11-18(15,16)13-4-5-13/h2-3,6,11H,4-5H2,1H3. The summed E-state index contributed by atoms with van der Waals surface area (Å²) in [4.78, 5) is 11.3. The van der Waals surface area contributed by atoms with Crippen molar-refractivity contribution < 1.29 is 12.8 Å². The molecule has 0 amide bonds. The highest BCUT2D eigenvalue weighted by Crippen LogP contribution is 2.21. The van der Waals surface area contributed by atoms with Gasteiger partial charge in [-0.1, -0.05) is 0 Å². The molecule has 8 heteroatoms. The van der Waals surface area contributed by atoms with Crippen molar-refractivity contribution in [3.63, 3.8) is 0 Å². The van der Waals surface area contributed by atoms with Crippen molar-refractivity contribution in [1.29, 1.82) is 0 Å². The zero-order chi connectivity index (χ0) is 12.9. The number of rotatable bonds is 3. The third-order valence-corrected chi connectivity index (χ3v) is 4.32. The molecule has 1 aromatic carbocycles. The molecule has 1 aromatic heterocycles. The van der Waals surface area contributed by atoms with Crippen molar-refractivity contribution >= 4 is 27.0 Å². The van der Waals surface area contributed by atoms with Crippen molar-refractivity contribution in [3.05, 3.63) is 28.7 Å². The summed E-state index contributed by atoms with van der Waals surface area (Å²) in [6.45, 7) is 1.09. The van der Waals surface area contributed by atoms with Crippen molar-refractivity contribution in [2.24, 2.45) is 7.05 Å². The Bertz CT molecular complexity index is 770. The highest BCUT2D eigenvalue weighted by atomic mass is 32.2. The second kappa shape index (κ2) is 3.59. The molecule has 3 rings (SSSR count). The Morgan fingerprint density at radius 1 is 1.33 bits per heavy atom. The van der Waals surface area contributed by atoms with Crippen LogP contribution in [0.5, 0.6) is 0 Å². The van der Waals surface area contributed by atoms with Gasteiger partial charge in [-0.05, 0) is 18.2 Å². The maximum absolute atomic E-state index is 11.7. The van der Waals surface area contributed by atoms with Crippen LogP contribution in [0, 0.1) is 0 Å². The van der Waals surface area contributed by atoms with Crippen molar-refractivity contribution in [1.82, 2.24) is 8.87 Å². The number of aryl methyl sites for hydroxylation is 1. The van der Waals surface area contributed by atoms with Crippen LogP contribution in [0.15, 0.2) is 27.4 Å². The van der Waals surface area contributed by atoms with E-state index in [1.54, 1.807) is 25.2 Å². The normalized spacial score (nSPS) is 16.1. The molecule has 0 atom stereocenters. The van der Waals surface area contributed by atoms with E-state index in [-0.39, 0.29) is 0 Å². The number of aromatic nitrogens is 1. The lowest BCUT2D eigenvalue weighted by Crippen LogP contribution is -2.20. The van der Waals surface area contributed by atoms with Crippen LogP contribution in [0.25, 0.3) is 11.1 Å². The first kappa shape index (κ1) is 11.3. The largest absolute Gasteiger partial charge is 0.419 e. The third-order valence-electron chi connectivity index (χ3n) is 2.78. The van der Waals surface area contributed by atoms with Gasteiger partial charge in [0.15, 0.2) is 5.58 Å². The Hall–Kier alpha value is -1.80. The smallest absolute Gasteiger partial charge is 0.408 e. The zero-order valence-corrected chi connectivity index (χ0v) is 10.4. The Morgan fingerprint density at radius 3 is 2.72 bits per heavy atom. The van der Waals surface area contributed by atoms with E-state index in [9.17, 15) is 13.2 Å². The molecule has 18 heavy (non-hydrogen) atoms. The molecule has 1 aliphatic heterocycles. The first-order valence-electron chi connectivity index (χ1n) is 5.35. The van der Waals surface area contributed by atoms with E-state index < -0.39 is 16.0 Å². The van der Waals surface area contributed by atoms with Crippen LogP contribution in [-0.4, -0.2) is 30.4 Å². The summed E-state index contributed by atoms with van der Waals surface area (Å²) in [5.74, 6) is -0.476. The zero-order valence-electron chi connectivity index (χ0n) is 9.58. The number of benzene rings is 1. The molecule has 7 nitrogen and oxygen atoms in total. The van der Waals surface area contributed by atoms with Gasteiger partial charge < -0.3 is 4.42 Å². The van der Waals surface area contributed by atoms with Crippen LogP contribution in [0.3, 0.4) is 0 Å². The second-order valence-electron chi connectivity index (χ2n) is 4.12. The van der Waals surface area contributed by atoms with E-state index in [0.29, 0.717) is 29.9 Å². The van der Waals surface area contributed by atoms with Crippen LogP contribution in [0.1, 0.15) is 0 Å². The van der Waals surface area contributed by atoms with E-state index in [1.807, 2.05) is 0 Å². The lowest BCUT2D eigenvalue weighted by atomic mass is 10.3. The molecule has 2 heterocycles. The number of oxazole rings is 1. The first-order chi connectivity index (χ1) is 8.47. The fourth-order valence-electron chi connectivity index (χ4n) is 1.68. The number of nitrogens with one attached hydrogen (secondary N) is 1. The molecule has 1 aliphatic rings. The molecular weight excluding hydrogens is 258 g/mol. The molecule has 0 radical (unpaired) electrons. The number of anilines is 1. The predicted octanol–water partition coefficient (Wildman–Crippen LogP) is 0.104. The van der Waals surface area contributed by atoms with Crippen LogP contribution in [-0.2, 0) is 17.3 Å².